The van der Waals surface area contributed by atoms with E-state index in [1.165, 1.54) is 0 Å². The maximum Gasteiger partial charge on any atom is 0.0715 e. The summed E-state index contributed by atoms with van der Waals surface area (Å²) in [6.07, 6.45) is 3.76. The molecule has 140 valence electrons. The van der Waals surface area contributed by atoms with Crippen LogP contribution in [-0.2, 0) is 0 Å². The highest BCUT2D eigenvalue weighted by atomic mass is 79.9. The third-order valence-corrected chi connectivity index (χ3v) is 5.32. The molecule has 4 rings (SSSR count). The summed E-state index contributed by atoms with van der Waals surface area (Å²) < 4.78 is 1.06. The molecule has 29 heavy (non-hydrogen) atoms. The predicted molar refractivity (Wildman–Crippen MR) is 128 cm³/mol. The van der Waals surface area contributed by atoms with Gasteiger partial charge in [-0.2, -0.15) is 0 Å². The molecule has 0 unspecified atom stereocenters. The van der Waals surface area contributed by atoms with E-state index in [0.717, 1.165) is 48.6 Å². The molecular formula is C27H20BrN. The number of pyridine rings is 1. The van der Waals surface area contributed by atoms with Crippen molar-refractivity contribution in [1.29, 1.82) is 0 Å². The highest BCUT2D eigenvalue weighted by molar-refractivity contribution is 9.10. The van der Waals surface area contributed by atoms with Gasteiger partial charge in [-0.1, -0.05) is 102 Å². The van der Waals surface area contributed by atoms with Crippen molar-refractivity contribution in [3.63, 3.8) is 0 Å². The van der Waals surface area contributed by atoms with Gasteiger partial charge in [0.1, 0.15) is 0 Å². The van der Waals surface area contributed by atoms with Crippen molar-refractivity contribution < 1.29 is 0 Å². The molecular weight excluding hydrogens is 418 g/mol. The number of benzene rings is 3. The molecule has 0 saturated heterocycles. The third kappa shape index (κ3) is 4.13. The fourth-order valence-corrected chi connectivity index (χ4v) is 3.84. The fraction of sp³-hybridized carbons (Fsp3) is 0. The van der Waals surface area contributed by atoms with E-state index in [1.54, 1.807) is 6.08 Å². The highest BCUT2D eigenvalue weighted by Crippen LogP contribution is 2.28. The van der Waals surface area contributed by atoms with Crippen LogP contribution in [0.2, 0.25) is 0 Å². The van der Waals surface area contributed by atoms with Crippen molar-refractivity contribution in [3.8, 4) is 33.5 Å². The van der Waals surface area contributed by atoms with Crippen LogP contribution in [0.3, 0.4) is 0 Å². The lowest BCUT2D eigenvalue weighted by Crippen LogP contribution is -2.29. The van der Waals surface area contributed by atoms with E-state index < -0.39 is 0 Å². The van der Waals surface area contributed by atoms with Gasteiger partial charge in [0.15, 0.2) is 0 Å². The smallest absolute Gasteiger partial charge is 0.0715 e. The Morgan fingerprint density at radius 2 is 1.38 bits per heavy atom. The second-order valence-electron chi connectivity index (χ2n) is 6.77. The second-order valence-corrected chi connectivity index (χ2v) is 7.69. The number of aromatic nitrogens is 1. The van der Waals surface area contributed by atoms with Gasteiger partial charge >= 0.3 is 0 Å². The number of hydrogen-bond acceptors (Lipinski definition) is 1. The molecule has 0 aliphatic rings. The van der Waals surface area contributed by atoms with Crippen molar-refractivity contribution in [2.45, 2.75) is 0 Å². The van der Waals surface area contributed by atoms with Gasteiger partial charge in [-0.15, -0.1) is 0 Å². The minimum atomic E-state index is 0.745. The first-order chi connectivity index (χ1) is 14.2. The van der Waals surface area contributed by atoms with Crippen molar-refractivity contribution in [3.05, 3.63) is 113 Å². The van der Waals surface area contributed by atoms with Crippen molar-refractivity contribution in [2.24, 2.45) is 0 Å². The molecule has 1 nitrogen and oxygen atoms in total. The van der Waals surface area contributed by atoms with Gasteiger partial charge < -0.3 is 0 Å². The highest BCUT2D eigenvalue weighted by Gasteiger charge is 2.08. The van der Waals surface area contributed by atoms with E-state index in [4.69, 9.17) is 4.98 Å². The summed E-state index contributed by atoms with van der Waals surface area (Å²) in [7, 11) is 0. The number of allylic oxidation sites excluding steroid dienone is 1. The quantitative estimate of drug-likeness (QED) is 0.369. The summed E-state index contributed by atoms with van der Waals surface area (Å²) >= 11 is 3.56. The molecule has 4 aromatic rings. The molecule has 0 atom stereocenters. The molecule has 1 heterocycles. The van der Waals surface area contributed by atoms with Gasteiger partial charge in [0.25, 0.3) is 0 Å². The van der Waals surface area contributed by atoms with Gasteiger partial charge in [-0.05, 0) is 46.5 Å². The van der Waals surface area contributed by atoms with Crippen molar-refractivity contribution in [1.82, 2.24) is 4.98 Å². The average Bonchev–Trinajstić information content (AvgIpc) is 2.76. The molecule has 0 fully saturated rings. The molecule has 0 aliphatic carbocycles. The molecule has 0 N–H and O–H groups in total. The largest absolute Gasteiger partial charge is 0.248 e. The first-order valence-corrected chi connectivity index (χ1v) is 10.2. The van der Waals surface area contributed by atoms with Crippen LogP contribution >= 0.6 is 15.9 Å². The molecule has 0 radical (unpaired) electrons. The molecule has 0 saturated carbocycles. The molecule has 2 heteroatoms. The van der Waals surface area contributed by atoms with Gasteiger partial charge in [0.2, 0.25) is 0 Å². The number of rotatable bonds is 4. The van der Waals surface area contributed by atoms with E-state index in [2.05, 4.69) is 83.7 Å². The number of halogens is 1. The average molecular weight is 438 g/mol. The van der Waals surface area contributed by atoms with Gasteiger partial charge in [-0.25, -0.2) is 4.98 Å². The van der Waals surface area contributed by atoms with E-state index in [1.807, 2.05) is 36.4 Å². The number of hydrogen-bond donors (Lipinski definition) is 0. The van der Waals surface area contributed by atoms with Crippen LogP contribution in [0.25, 0.3) is 46.2 Å². The second kappa shape index (κ2) is 8.42. The summed E-state index contributed by atoms with van der Waals surface area (Å²) in [6.45, 7) is 8.06. The van der Waals surface area contributed by atoms with E-state index in [9.17, 15) is 0 Å². The predicted octanol–water partition coefficient (Wildman–Crippen LogP) is 6.22. The Morgan fingerprint density at radius 1 is 0.724 bits per heavy atom. The molecule has 0 bridgehead atoms. The molecule has 3 aromatic carbocycles. The Labute approximate surface area is 179 Å². The summed E-state index contributed by atoms with van der Waals surface area (Å²) in [5.74, 6) is 0. The summed E-state index contributed by atoms with van der Waals surface area (Å²) in [6, 6.07) is 29.2. The zero-order chi connectivity index (χ0) is 20.2. The third-order valence-electron chi connectivity index (χ3n) is 4.82. The summed E-state index contributed by atoms with van der Waals surface area (Å²) in [4.78, 5) is 4.80. The van der Waals surface area contributed by atoms with Crippen LogP contribution in [0, 0.1) is 0 Å². The van der Waals surface area contributed by atoms with E-state index >= 15 is 0 Å². The monoisotopic (exact) mass is 437 g/mol. The lowest BCUT2D eigenvalue weighted by molar-refractivity contribution is 1.23. The minimum absolute atomic E-state index is 0.745. The Morgan fingerprint density at radius 3 is 2.10 bits per heavy atom. The van der Waals surface area contributed by atoms with Crippen LogP contribution in [0.4, 0.5) is 0 Å². The van der Waals surface area contributed by atoms with Crippen LogP contribution in [-0.4, -0.2) is 4.98 Å². The standard InChI is InChI=1S/C27H20BrN/c1-3-9-25-19(2)29-27(18-26(25)20-10-5-4-6-11-20)23-14-7-12-21(16-23)22-13-8-15-24(28)17-22/h3-18H,1-2H2/b25-9+. The van der Waals surface area contributed by atoms with Gasteiger partial charge in [0, 0.05) is 15.3 Å². The van der Waals surface area contributed by atoms with Gasteiger partial charge in [-0.3, -0.25) is 0 Å². The summed E-state index contributed by atoms with van der Waals surface area (Å²) in [5, 5.41) is 1.74. The Balaban J connectivity index is 1.90. The zero-order valence-electron chi connectivity index (χ0n) is 16.0. The lowest BCUT2D eigenvalue weighted by Gasteiger charge is -2.10. The number of nitrogens with zero attached hydrogens (tertiary/aromatic N) is 1. The summed E-state index contributed by atoms with van der Waals surface area (Å²) in [5.41, 5.74) is 6.53. The molecule has 0 aliphatic heterocycles. The SMILES string of the molecule is C=C/C=c1/c(-c2ccccc2)cc(-c2cccc(-c3cccc(Br)c3)c2)nc1=C. The van der Waals surface area contributed by atoms with Crippen LogP contribution < -0.4 is 10.6 Å². The molecule has 1 aromatic heterocycles. The van der Waals surface area contributed by atoms with Crippen molar-refractivity contribution >= 4 is 28.6 Å². The van der Waals surface area contributed by atoms with Crippen LogP contribution in [0.5, 0.6) is 0 Å². The van der Waals surface area contributed by atoms with Gasteiger partial charge in [0.05, 0.1) is 11.0 Å². The fourth-order valence-electron chi connectivity index (χ4n) is 3.44. The van der Waals surface area contributed by atoms with E-state index in [0.29, 0.717) is 0 Å². The molecule has 0 amide bonds. The topological polar surface area (TPSA) is 12.9 Å². The maximum absolute atomic E-state index is 4.80. The van der Waals surface area contributed by atoms with E-state index in [-0.39, 0.29) is 0 Å². The Kier molecular flexibility index (Phi) is 5.55. The molecule has 0 spiro atoms. The van der Waals surface area contributed by atoms with Crippen molar-refractivity contribution in [2.75, 3.05) is 0 Å². The maximum atomic E-state index is 4.80. The van der Waals surface area contributed by atoms with Crippen LogP contribution in [0.15, 0.2) is 102 Å². The minimum Gasteiger partial charge on any atom is -0.248 e. The zero-order valence-corrected chi connectivity index (χ0v) is 17.6. The Hall–Kier alpha value is -3.23. The van der Waals surface area contributed by atoms with Crippen LogP contribution in [0.1, 0.15) is 0 Å². The first-order valence-electron chi connectivity index (χ1n) is 9.40. The normalized spacial score (nSPS) is 11.4. The Bertz CT molecular complexity index is 1290. The first kappa shape index (κ1) is 19.1. The lowest BCUT2D eigenvalue weighted by atomic mass is 9.98.